The molecule has 0 unspecified atom stereocenters. The number of nitrogens with zero attached hydrogens (tertiary/aromatic N) is 3. The third kappa shape index (κ3) is 4.80. The summed E-state index contributed by atoms with van der Waals surface area (Å²) in [5, 5.41) is 22.6. The molecule has 0 saturated heterocycles. The van der Waals surface area contributed by atoms with Crippen LogP contribution in [0.15, 0.2) is 60.7 Å². The summed E-state index contributed by atoms with van der Waals surface area (Å²) in [7, 11) is 0. The van der Waals surface area contributed by atoms with E-state index in [4.69, 9.17) is 10.00 Å². The maximum Gasteiger partial charge on any atom is 0.276 e. The topological polar surface area (TPSA) is 99.9 Å². The van der Waals surface area contributed by atoms with Crippen LogP contribution >= 0.6 is 0 Å². The summed E-state index contributed by atoms with van der Waals surface area (Å²) < 4.78 is 5.40. The van der Waals surface area contributed by atoms with Crippen LogP contribution in [0.25, 0.3) is 0 Å². The molecule has 0 radical (unpaired) electrons. The second-order valence-corrected chi connectivity index (χ2v) is 5.53. The number of hydrogen-bond donors (Lipinski definition) is 2. The molecule has 1 amide bonds. The van der Waals surface area contributed by atoms with Gasteiger partial charge in [-0.15, -0.1) is 10.2 Å². The third-order valence-corrected chi connectivity index (χ3v) is 3.61. The van der Waals surface area contributed by atoms with Gasteiger partial charge in [0.2, 0.25) is 0 Å². The minimum Gasteiger partial charge on any atom is -0.494 e. The van der Waals surface area contributed by atoms with Crippen molar-refractivity contribution in [3.63, 3.8) is 0 Å². The first-order valence-corrected chi connectivity index (χ1v) is 8.33. The lowest BCUT2D eigenvalue weighted by molar-refractivity contribution is 0.102. The van der Waals surface area contributed by atoms with Crippen molar-refractivity contribution in [2.75, 3.05) is 17.2 Å². The van der Waals surface area contributed by atoms with E-state index in [1.54, 1.807) is 36.4 Å². The van der Waals surface area contributed by atoms with E-state index in [2.05, 4.69) is 20.8 Å². The number of hydrogen-bond acceptors (Lipinski definition) is 6. The second kappa shape index (κ2) is 8.45. The number of carbonyl (C=O) groups excluding carboxylic acids is 1. The number of amides is 1. The maximum absolute atomic E-state index is 12.2. The molecule has 0 bridgehead atoms. The van der Waals surface area contributed by atoms with Gasteiger partial charge in [0.05, 0.1) is 18.2 Å². The third-order valence-electron chi connectivity index (χ3n) is 3.61. The van der Waals surface area contributed by atoms with E-state index in [0.717, 1.165) is 11.4 Å². The summed E-state index contributed by atoms with van der Waals surface area (Å²) in [4.78, 5) is 12.2. The lowest BCUT2D eigenvalue weighted by Crippen LogP contribution is -2.14. The number of nitrogens with one attached hydrogen (secondary N) is 2. The predicted molar refractivity (Wildman–Crippen MR) is 102 cm³/mol. The fourth-order valence-electron chi connectivity index (χ4n) is 2.29. The molecule has 27 heavy (non-hydrogen) atoms. The Bertz CT molecular complexity index is 946. The molecule has 1 heterocycles. The minimum absolute atomic E-state index is 0.191. The fourth-order valence-corrected chi connectivity index (χ4v) is 2.29. The number of benzene rings is 2. The molecule has 0 saturated carbocycles. The molecule has 3 aromatic rings. The molecule has 2 aromatic carbocycles. The van der Waals surface area contributed by atoms with Gasteiger partial charge in [-0.2, -0.15) is 5.26 Å². The monoisotopic (exact) mass is 359 g/mol. The van der Waals surface area contributed by atoms with Crippen LogP contribution in [0.1, 0.15) is 23.0 Å². The van der Waals surface area contributed by atoms with Crippen molar-refractivity contribution in [3.05, 3.63) is 71.9 Å². The van der Waals surface area contributed by atoms with Gasteiger partial charge in [0.1, 0.15) is 5.75 Å². The Kier molecular flexibility index (Phi) is 5.60. The zero-order valence-corrected chi connectivity index (χ0v) is 14.6. The zero-order chi connectivity index (χ0) is 19.1. The molecule has 7 heteroatoms. The van der Waals surface area contributed by atoms with Crippen LogP contribution in [0, 0.1) is 11.3 Å². The Morgan fingerprint density at radius 3 is 2.30 bits per heavy atom. The first-order valence-electron chi connectivity index (χ1n) is 8.33. The number of anilines is 3. The number of carbonyl (C=O) groups is 1. The number of aromatic nitrogens is 2. The van der Waals surface area contributed by atoms with Crippen LogP contribution < -0.4 is 15.4 Å². The van der Waals surface area contributed by atoms with E-state index < -0.39 is 0 Å². The Labute approximate surface area is 156 Å². The van der Waals surface area contributed by atoms with Crippen molar-refractivity contribution in [3.8, 4) is 11.8 Å². The molecule has 7 nitrogen and oxygen atoms in total. The lowest BCUT2D eigenvalue weighted by atomic mass is 10.2. The fraction of sp³-hybridized carbons (Fsp3) is 0.100. The molecule has 3 rings (SSSR count). The molecule has 0 aliphatic carbocycles. The van der Waals surface area contributed by atoms with Crippen LogP contribution in [0.5, 0.6) is 5.75 Å². The number of ether oxygens (including phenoxy) is 1. The van der Waals surface area contributed by atoms with Crippen molar-refractivity contribution in [2.24, 2.45) is 0 Å². The van der Waals surface area contributed by atoms with Crippen molar-refractivity contribution in [1.82, 2.24) is 10.2 Å². The van der Waals surface area contributed by atoms with Crippen LogP contribution in [-0.2, 0) is 0 Å². The Balaban J connectivity index is 1.62. The highest BCUT2D eigenvalue weighted by Gasteiger charge is 2.09. The van der Waals surface area contributed by atoms with Crippen molar-refractivity contribution in [2.45, 2.75) is 6.92 Å². The maximum atomic E-state index is 12.2. The van der Waals surface area contributed by atoms with E-state index in [1.165, 1.54) is 0 Å². The summed E-state index contributed by atoms with van der Waals surface area (Å²) >= 11 is 0. The van der Waals surface area contributed by atoms with Gasteiger partial charge in [0, 0.05) is 11.4 Å². The van der Waals surface area contributed by atoms with Crippen molar-refractivity contribution >= 4 is 23.1 Å². The van der Waals surface area contributed by atoms with Gasteiger partial charge in [0.15, 0.2) is 11.5 Å². The van der Waals surface area contributed by atoms with Crippen LogP contribution in [0.3, 0.4) is 0 Å². The highest BCUT2D eigenvalue weighted by Crippen LogP contribution is 2.19. The SMILES string of the molecule is CCOc1ccc(Nc2ccc(C(=O)Nc3ccc(C#N)cc3)nn2)cc1. The van der Waals surface area contributed by atoms with E-state index in [1.807, 2.05) is 37.3 Å². The molecular formula is C20H17N5O2. The van der Waals surface area contributed by atoms with Gasteiger partial charge in [-0.3, -0.25) is 4.79 Å². The zero-order valence-electron chi connectivity index (χ0n) is 14.6. The second-order valence-electron chi connectivity index (χ2n) is 5.53. The van der Waals surface area contributed by atoms with Gasteiger partial charge >= 0.3 is 0 Å². The standard InChI is InChI=1S/C20H17N5O2/c1-2-27-17-9-7-15(8-10-17)22-19-12-11-18(24-25-19)20(26)23-16-5-3-14(13-21)4-6-16/h3-12H,2H2,1H3,(H,22,25)(H,23,26). The Morgan fingerprint density at radius 2 is 1.70 bits per heavy atom. The summed E-state index contributed by atoms with van der Waals surface area (Å²) in [6.07, 6.45) is 0. The van der Waals surface area contributed by atoms with Gasteiger partial charge in [-0.1, -0.05) is 0 Å². The van der Waals surface area contributed by atoms with Gasteiger partial charge in [-0.25, -0.2) is 0 Å². The molecular weight excluding hydrogens is 342 g/mol. The molecule has 0 atom stereocenters. The van der Waals surface area contributed by atoms with E-state index >= 15 is 0 Å². The lowest BCUT2D eigenvalue weighted by Gasteiger charge is -2.08. The normalized spacial score (nSPS) is 9.93. The van der Waals surface area contributed by atoms with Gasteiger partial charge in [-0.05, 0) is 67.6 Å². The largest absolute Gasteiger partial charge is 0.494 e. The van der Waals surface area contributed by atoms with Crippen molar-refractivity contribution in [1.29, 1.82) is 5.26 Å². The molecule has 1 aromatic heterocycles. The van der Waals surface area contributed by atoms with E-state index in [-0.39, 0.29) is 11.6 Å². The summed E-state index contributed by atoms with van der Waals surface area (Å²) in [5.74, 6) is 0.942. The van der Waals surface area contributed by atoms with Crippen LogP contribution in [-0.4, -0.2) is 22.7 Å². The minimum atomic E-state index is -0.375. The van der Waals surface area contributed by atoms with Crippen LogP contribution in [0.2, 0.25) is 0 Å². The highest BCUT2D eigenvalue weighted by molar-refractivity contribution is 6.02. The summed E-state index contributed by atoms with van der Waals surface area (Å²) in [6, 6.07) is 19.3. The Morgan fingerprint density at radius 1 is 1.00 bits per heavy atom. The predicted octanol–water partition coefficient (Wildman–Crippen LogP) is 3.74. The Hall–Kier alpha value is -3.92. The first kappa shape index (κ1) is 17.9. The number of nitriles is 1. The first-order chi connectivity index (χ1) is 13.2. The molecule has 0 spiro atoms. The molecule has 0 fully saturated rings. The average Bonchev–Trinajstić information content (AvgIpc) is 2.71. The number of rotatable bonds is 6. The molecule has 0 aliphatic heterocycles. The summed E-state index contributed by atoms with van der Waals surface area (Å²) in [6.45, 7) is 2.55. The van der Waals surface area contributed by atoms with E-state index in [0.29, 0.717) is 23.7 Å². The van der Waals surface area contributed by atoms with Crippen molar-refractivity contribution < 1.29 is 9.53 Å². The van der Waals surface area contributed by atoms with Gasteiger partial charge < -0.3 is 15.4 Å². The van der Waals surface area contributed by atoms with Gasteiger partial charge in [0.25, 0.3) is 5.91 Å². The molecule has 134 valence electrons. The molecule has 2 N–H and O–H groups in total. The summed E-state index contributed by atoms with van der Waals surface area (Å²) in [5.41, 5.74) is 2.13. The van der Waals surface area contributed by atoms with Crippen LogP contribution in [0.4, 0.5) is 17.2 Å². The van der Waals surface area contributed by atoms with E-state index in [9.17, 15) is 4.79 Å². The molecule has 0 aliphatic rings. The highest BCUT2D eigenvalue weighted by atomic mass is 16.5. The quantitative estimate of drug-likeness (QED) is 0.695. The smallest absolute Gasteiger partial charge is 0.276 e. The average molecular weight is 359 g/mol.